The summed E-state index contributed by atoms with van der Waals surface area (Å²) in [5.41, 5.74) is 7.73. The van der Waals surface area contributed by atoms with Crippen molar-refractivity contribution in [3.8, 4) is 0 Å². The molecule has 0 amide bonds. The van der Waals surface area contributed by atoms with Crippen molar-refractivity contribution in [3.63, 3.8) is 0 Å². The minimum absolute atomic E-state index is 0.483. The zero-order valence-electron chi connectivity index (χ0n) is 6.68. The van der Waals surface area contributed by atoms with Crippen LogP contribution in [-0.2, 0) is 5.88 Å². The van der Waals surface area contributed by atoms with Crippen LogP contribution in [0.4, 0.5) is 5.69 Å². The van der Waals surface area contributed by atoms with Crippen LogP contribution in [-0.4, -0.2) is 0 Å². The van der Waals surface area contributed by atoms with Gasteiger partial charge in [-0.05, 0) is 39.0 Å². The van der Waals surface area contributed by atoms with E-state index < -0.39 is 0 Å². The van der Waals surface area contributed by atoms with Crippen LogP contribution in [0.15, 0.2) is 22.0 Å². The highest BCUT2D eigenvalue weighted by atomic mass is 79.9. The second-order valence-electron chi connectivity index (χ2n) is 2.74. The summed E-state index contributed by atoms with van der Waals surface area (Å²) in [6.45, 7) is 0. The molecule has 1 heterocycles. The van der Waals surface area contributed by atoms with Crippen molar-refractivity contribution < 1.29 is 0 Å². The summed E-state index contributed by atoms with van der Waals surface area (Å²) < 4.78 is 2.19. The molecule has 0 saturated carbocycles. The van der Waals surface area contributed by atoms with E-state index in [-0.39, 0.29) is 0 Å². The Hall–Kier alpha value is -0.250. The van der Waals surface area contributed by atoms with Gasteiger partial charge in [0.15, 0.2) is 0 Å². The lowest BCUT2D eigenvalue weighted by atomic mass is 10.1. The summed E-state index contributed by atoms with van der Waals surface area (Å²) >= 11 is 11.0. The van der Waals surface area contributed by atoms with Crippen molar-refractivity contribution in [3.05, 3.63) is 27.5 Å². The monoisotopic (exact) mass is 275 g/mol. The Morgan fingerprint density at radius 1 is 1.54 bits per heavy atom. The van der Waals surface area contributed by atoms with Gasteiger partial charge in [-0.25, -0.2) is 0 Å². The number of alkyl halides is 1. The summed E-state index contributed by atoms with van der Waals surface area (Å²) in [7, 11) is 0. The number of halogens is 2. The van der Waals surface area contributed by atoms with E-state index >= 15 is 0 Å². The van der Waals surface area contributed by atoms with Crippen LogP contribution >= 0.6 is 38.9 Å². The summed E-state index contributed by atoms with van der Waals surface area (Å²) in [6, 6.07) is 3.98. The van der Waals surface area contributed by atoms with Crippen LogP contribution in [0.5, 0.6) is 0 Å². The molecule has 68 valence electrons. The van der Waals surface area contributed by atoms with Gasteiger partial charge in [-0.3, -0.25) is 0 Å². The number of rotatable bonds is 1. The van der Waals surface area contributed by atoms with E-state index in [0.29, 0.717) is 5.88 Å². The molecule has 13 heavy (non-hydrogen) atoms. The van der Waals surface area contributed by atoms with E-state index in [1.165, 1.54) is 0 Å². The number of fused-ring (bicyclic) bond motifs is 1. The van der Waals surface area contributed by atoms with Gasteiger partial charge >= 0.3 is 0 Å². The maximum atomic E-state index is 5.88. The Labute approximate surface area is 93.6 Å². The molecule has 0 atom stereocenters. The second-order valence-corrected chi connectivity index (χ2v) is 4.71. The zero-order valence-corrected chi connectivity index (χ0v) is 9.84. The third-order valence-corrected chi connectivity index (χ3v) is 4.11. The molecule has 0 aliphatic heterocycles. The number of benzene rings is 1. The minimum atomic E-state index is 0.483. The van der Waals surface area contributed by atoms with Crippen LogP contribution in [0.25, 0.3) is 10.1 Å². The van der Waals surface area contributed by atoms with Gasteiger partial charge in [0.1, 0.15) is 0 Å². The Morgan fingerprint density at radius 2 is 2.31 bits per heavy atom. The molecule has 1 aromatic carbocycles. The number of nitrogen functional groups attached to an aromatic ring is 1. The SMILES string of the molecule is Nc1cc(CCl)c(Br)c2ccsc12. The van der Waals surface area contributed by atoms with Gasteiger partial charge in [0, 0.05) is 21.4 Å². The highest BCUT2D eigenvalue weighted by Crippen LogP contribution is 2.36. The zero-order chi connectivity index (χ0) is 9.42. The van der Waals surface area contributed by atoms with Gasteiger partial charge in [0.25, 0.3) is 0 Å². The largest absolute Gasteiger partial charge is 0.398 e. The fraction of sp³-hybridized carbons (Fsp3) is 0.111. The summed E-state index contributed by atoms with van der Waals surface area (Å²) in [5, 5.41) is 3.18. The van der Waals surface area contributed by atoms with Crippen molar-refractivity contribution in [1.29, 1.82) is 0 Å². The van der Waals surface area contributed by atoms with E-state index in [2.05, 4.69) is 22.0 Å². The van der Waals surface area contributed by atoms with Gasteiger partial charge < -0.3 is 5.73 Å². The van der Waals surface area contributed by atoms with Gasteiger partial charge in [0.2, 0.25) is 0 Å². The lowest BCUT2D eigenvalue weighted by molar-refractivity contribution is 1.40. The third-order valence-electron chi connectivity index (χ3n) is 1.92. The van der Waals surface area contributed by atoms with Crippen LogP contribution in [0.2, 0.25) is 0 Å². The van der Waals surface area contributed by atoms with Gasteiger partial charge in [-0.2, -0.15) is 0 Å². The maximum Gasteiger partial charge on any atom is 0.0583 e. The Morgan fingerprint density at radius 3 is 3.00 bits per heavy atom. The van der Waals surface area contributed by atoms with Crippen molar-refractivity contribution in [1.82, 2.24) is 0 Å². The summed E-state index contributed by atoms with van der Waals surface area (Å²) in [5.74, 6) is 0.483. The Balaban J connectivity index is 2.85. The molecule has 0 saturated heterocycles. The van der Waals surface area contributed by atoms with Crippen LogP contribution in [0, 0.1) is 0 Å². The first kappa shape index (κ1) is 9.31. The Bertz CT molecular complexity index is 452. The van der Waals surface area contributed by atoms with E-state index in [1.807, 2.05) is 11.4 Å². The normalized spacial score (nSPS) is 10.9. The standard InChI is InChI=1S/C9H7BrClNS/c10-8-5(4-11)3-7(12)9-6(8)1-2-13-9/h1-3H,4,12H2. The minimum Gasteiger partial charge on any atom is -0.398 e. The highest BCUT2D eigenvalue weighted by Gasteiger charge is 2.08. The van der Waals surface area contributed by atoms with Crippen molar-refractivity contribution in [2.45, 2.75) is 5.88 Å². The average Bonchev–Trinajstić information content (AvgIpc) is 2.60. The molecule has 2 N–H and O–H groups in total. The number of thiophene rings is 1. The number of nitrogens with two attached hydrogens (primary N) is 1. The lowest BCUT2D eigenvalue weighted by Gasteiger charge is -2.04. The summed E-state index contributed by atoms with van der Waals surface area (Å²) in [6.07, 6.45) is 0. The van der Waals surface area contributed by atoms with E-state index in [0.717, 1.165) is 25.8 Å². The molecular weight excluding hydrogens is 270 g/mol. The molecule has 4 heteroatoms. The fourth-order valence-electron chi connectivity index (χ4n) is 1.29. The quantitative estimate of drug-likeness (QED) is 0.619. The molecule has 0 aliphatic rings. The van der Waals surface area contributed by atoms with Crippen molar-refractivity contribution in [2.24, 2.45) is 0 Å². The highest BCUT2D eigenvalue weighted by molar-refractivity contribution is 9.10. The number of hydrogen-bond acceptors (Lipinski definition) is 2. The predicted octanol–water partition coefficient (Wildman–Crippen LogP) is 3.98. The Kier molecular flexibility index (Phi) is 2.49. The topological polar surface area (TPSA) is 26.0 Å². The molecule has 2 rings (SSSR count). The molecule has 1 aromatic heterocycles. The first-order valence-electron chi connectivity index (χ1n) is 3.74. The molecule has 2 aromatic rings. The van der Waals surface area contributed by atoms with Crippen LogP contribution in [0.3, 0.4) is 0 Å². The molecule has 0 radical (unpaired) electrons. The van der Waals surface area contributed by atoms with Gasteiger partial charge in [0.05, 0.1) is 4.70 Å². The molecular formula is C9H7BrClNS. The first-order valence-corrected chi connectivity index (χ1v) is 5.94. The first-order chi connectivity index (χ1) is 6.24. The molecule has 1 nitrogen and oxygen atoms in total. The molecule has 0 aliphatic carbocycles. The predicted molar refractivity (Wildman–Crippen MR) is 63.5 cm³/mol. The van der Waals surface area contributed by atoms with E-state index in [1.54, 1.807) is 11.3 Å². The fourth-order valence-corrected chi connectivity index (χ4v) is 3.21. The molecule has 0 unspecified atom stereocenters. The average molecular weight is 277 g/mol. The number of anilines is 1. The molecule has 0 spiro atoms. The van der Waals surface area contributed by atoms with Gasteiger partial charge in [-0.15, -0.1) is 22.9 Å². The van der Waals surface area contributed by atoms with Crippen molar-refractivity contribution in [2.75, 3.05) is 5.73 Å². The lowest BCUT2D eigenvalue weighted by Crippen LogP contribution is -1.89. The van der Waals surface area contributed by atoms with Crippen molar-refractivity contribution >= 4 is 54.6 Å². The van der Waals surface area contributed by atoms with Gasteiger partial charge in [-0.1, -0.05) is 0 Å². The maximum absolute atomic E-state index is 5.88. The molecule has 0 fully saturated rings. The van der Waals surface area contributed by atoms with E-state index in [9.17, 15) is 0 Å². The smallest absolute Gasteiger partial charge is 0.0583 e. The van der Waals surface area contributed by atoms with Crippen LogP contribution in [0.1, 0.15) is 5.56 Å². The van der Waals surface area contributed by atoms with E-state index in [4.69, 9.17) is 17.3 Å². The summed E-state index contributed by atoms with van der Waals surface area (Å²) in [4.78, 5) is 0. The molecule has 0 bridgehead atoms. The number of hydrogen-bond donors (Lipinski definition) is 1. The third kappa shape index (κ3) is 1.45. The second kappa shape index (κ2) is 3.48. The van der Waals surface area contributed by atoms with Crippen LogP contribution < -0.4 is 5.73 Å².